The molecule has 11 N–H and O–H groups in total. The summed E-state index contributed by atoms with van der Waals surface area (Å²) in [5.74, 6) is -4.17. The van der Waals surface area contributed by atoms with Gasteiger partial charge in [-0.15, -0.1) is 0 Å². The average Bonchev–Trinajstić information content (AvgIpc) is 2.18. The van der Waals surface area contributed by atoms with Crippen LogP contribution in [0.1, 0.15) is 96.1 Å². The maximum absolute atomic E-state index is 13.6. The molecule has 3 aliphatic heterocycles. The van der Waals surface area contributed by atoms with Crippen molar-refractivity contribution in [3.05, 3.63) is 157 Å². The molecule has 0 spiro atoms. The number of hydrogen-bond donors (Lipinski definition) is 11. The largest absolute Gasteiger partial charge is 0.462 e. The number of methoxy groups -OCH3 is 1. The van der Waals surface area contributed by atoms with E-state index in [1.54, 1.807) is 57.2 Å². The number of allylic oxidation sites excluding steroid dienone is 12. The molecule has 19 atom stereocenters. The summed E-state index contributed by atoms with van der Waals surface area (Å²) in [6.07, 6.45) is 8.56. The minimum Gasteiger partial charge on any atom is -0.462 e. The monoisotopic (exact) mass is 1170 g/mol. The molecule has 4 aliphatic rings. The van der Waals surface area contributed by atoms with Gasteiger partial charge in [0.1, 0.15) is 24.9 Å². The number of cyclic esters (lactones) is 1. The lowest BCUT2D eigenvalue weighted by Gasteiger charge is -2.47. The zero-order chi connectivity index (χ0) is 60.9. The van der Waals surface area contributed by atoms with E-state index < -0.39 is 128 Å². The van der Waals surface area contributed by atoms with Gasteiger partial charge in [-0.1, -0.05) is 160 Å². The summed E-state index contributed by atoms with van der Waals surface area (Å²) < 4.78 is 36.5. The number of amides is 1. The van der Waals surface area contributed by atoms with Crippen LogP contribution in [0.2, 0.25) is 0 Å². The van der Waals surface area contributed by atoms with E-state index in [0.717, 1.165) is 22.3 Å². The highest BCUT2D eigenvalue weighted by Gasteiger charge is 2.50. The molecule has 1 amide bonds. The standard InChI is InChI=1S/C65H89NO18/c1-40-23-16-14-12-10-8-6-7-9-11-13-15-17-24-47(83-63-62(77)59(61(76)43(4)82-63)66-64(78)80-39-53-50-27-20-18-25-48(50)49-26-19-21-28-51(49)53)36-57-52(29-22-32-67)56(73)38-65(79-5,84-57)37-46(70)34-55(72)54(71)31-30-44(68)33-45(69)35-58(74)81-42(3)41(2)60(40)75/h6-29,40-47,52-57,59-63,67-73,75-77H,30-39H2,1-5H3,(H,66,78)/b7-6?,10-8?,11-9?,14-12?,15-13?,23-16?,24-17?,29-22+/t40-,41-,42-,43+,44+,45+,46-,47-,52+,54+,55+,56-,57-,59-,60+,61+,62-,63-,65+/m0/s1. The van der Waals surface area contributed by atoms with Crippen molar-refractivity contribution < 1.29 is 89.1 Å². The fourth-order valence-electron chi connectivity index (χ4n) is 11.2. The van der Waals surface area contributed by atoms with Crippen LogP contribution in [-0.2, 0) is 33.2 Å². The number of carbonyl (C=O) groups is 2. The molecule has 2 saturated heterocycles. The van der Waals surface area contributed by atoms with Crippen molar-refractivity contribution in [1.82, 2.24) is 5.32 Å². The molecule has 462 valence electrons. The molecule has 0 aromatic heterocycles. The first-order valence-electron chi connectivity index (χ1n) is 29.2. The van der Waals surface area contributed by atoms with Crippen LogP contribution in [0.25, 0.3) is 11.1 Å². The van der Waals surface area contributed by atoms with E-state index in [0.29, 0.717) is 0 Å². The molecular weight excluding hydrogens is 1080 g/mol. The Labute approximate surface area is 493 Å². The number of alkyl carbamates (subject to hydrolysis) is 1. The Balaban J connectivity index is 1.22. The third-order valence-electron chi connectivity index (χ3n) is 16.2. The van der Waals surface area contributed by atoms with Gasteiger partial charge in [-0.2, -0.15) is 0 Å². The highest BCUT2D eigenvalue weighted by molar-refractivity contribution is 5.79. The number of nitrogens with one attached hydrogen (secondary N) is 1. The smallest absolute Gasteiger partial charge is 0.407 e. The van der Waals surface area contributed by atoms with Gasteiger partial charge in [-0.25, -0.2) is 4.79 Å². The zero-order valence-electron chi connectivity index (χ0n) is 48.6. The summed E-state index contributed by atoms with van der Waals surface area (Å²) in [5, 5.41) is 113. The summed E-state index contributed by atoms with van der Waals surface area (Å²) in [6, 6.07) is 14.5. The molecule has 19 heteroatoms. The Morgan fingerprint density at radius 1 is 0.667 bits per heavy atom. The summed E-state index contributed by atoms with van der Waals surface area (Å²) in [6.45, 7) is 6.45. The van der Waals surface area contributed by atoms with Gasteiger partial charge in [0, 0.05) is 56.5 Å². The van der Waals surface area contributed by atoms with Gasteiger partial charge in [0.15, 0.2) is 12.1 Å². The minimum atomic E-state index is -1.68. The number of ether oxygens (including phenoxy) is 6. The van der Waals surface area contributed by atoms with Crippen molar-refractivity contribution in [3.63, 3.8) is 0 Å². The molecule has 2 fully saturated rings. The van der Waals surface area contributed by atoms with Crippen molar-refractivity contribution in [3.8, 4) is 11.1 Å². The maximum atomic E-state index is 13.6. The van der Waals surface area contributed by atoms with E-state index in [1.165, 1.54) is 13.2 Å². The molecule has 6 rings (SSSR count). The Bertz CT molecular complexity index is 2570. The first-order chi connectivity index (χ1) is 40.2. The van der Waals surface area contributed by atoms with Gasteiger partial charge in [-0.3, -0.25) is 4.79 Å². The molecule has 0 radical (unpaired) electrons. The quantitative estimate of drug-likeness (QED) is 0.116. The number of esters is 1. The van der Waals surface area contributed by atoms with Gasteiger partial charge in [0.05, 0.1) is 80.1 Å². The molecule has 2 aromatic carbocycles. The van der Waals surface area contributed by atoms with Crippen LogP contribution in [0.15, 0.2) is 146 Å². The number of fused-ring (bicyclic) bond motifs is 5. The van der Waals surface area contributed by atoms with Crippen molar-refractivity contribution in [2.75, 3.05) is 20.3 Å². The predicted octanol–water partition coefficient (Wildman–Crippen LogP) is 5.41. The molecule has 2 aromatic rings. The number of aliphatic hydroxyl groups is 10. The van der Waals surface area contributed by atoms with Crippen LogP contribution >= 0.6 is 0 Å². The Hall–Kier alpha value is -5.46. The second-order valence-electron chi connectivity index (χ2n) is 22.5. The van der Waals surface area contributed by atoms with Gasteiger partial charge < -0.3 is 84.8 Å². The van der Waals surface area contributed by atoms with Crippen LogP contribution < -0.4 is 5.32 Å². The number of benzene rings is 2. The number of carbonyl (C=O) groups excluding carboxylic acids is 2. The topological polar surface area (TPSA) is 304 Å². The molecule has 19 nitrogen and oxygen atoms in total. The highest BCUT2D eigenvalue weighted by Crippen LogP contribution is 2.45. The number of aliphatic hydroxyl groups excluding tert-OH is 10. The summed E-state index contributed by atoms with van der Waals surface area (Å²) >= 11 is 0. The maximum Gasteiger partial charge on any atom is 0.407 e. The Morgan fingerprint density at radius 2 is 1.26 bits per heavy atom. The summed E-state index contributed by atoms with van der Waals surface area (Å²) in [4.78, 5) is 26.4. The predicted molar refractivity (Wildman–Crippen MR) is 314 cm³/mol. The second kappa shape index (κ2) is 33.4. The van der Waals surface area contributed by atoms with E-state index >= 15 is 0 Å². The second-order valence-corrected chi connectivity index (χ2v) is 22.5. The Kier molecular flexibility index (Phi) is 26.9. The van der Waals surface area contributed by atoms with Crippen molar-refractivity contribution in [2.24, 2.45) is 17.8 Å². The van der Waals surface area contributed by atoms with Crippen molar-refractivity contribution >= 4 is 12.1 Å². The first kappa shape index (κ1) is 67.7. The fourth-order valence-corrected chi connectivity index (χ4v) is 11.2. The fraction of sp³-hybridized carbons (Fsp3) is 0.538. The van der Waals surface area contributed by atoms with Gasteiger partial charge in [-0.05, 0) is 55.4 Å². The molecule has 0 unspecified atom stereocenters. The van der Waals surface area contributed by atoms with E-state index in [4.69, 9.17) is 28.4 Å². The van der Waals surface area contributed by atoms with Crippen LogP contribution in [0.3, 0.4) is 0 Å². The van der Waals surface area contributed by atoms with Gasteiger partial charge >= 0.3 is 12.1 Å². The SMILES string of the molecule is CO[C@]12C[C@@H](O)C[C@@H](O)[C@H](O)CC[C@@H](O)C[C@@H](O)CC(=O)O[C@@H](C)[C@H](C)[C@H](O)[C@@H](C)C=CC=CC=CC=CC=CC=CC=C[C@H](O[C@@H]3O[C@H](C)[C@@H](O)[C@H](NC(=O)OCC4c5ccccc5-c5ccccc54)[C@@H]3O)C[C@H](O1)[C@H](/C=C/CO)[C@@H](O)C2. The van der Waals surface area contributed by atoms with E-state index in [9.17, 15) is 60.7 Å². The Morgan fingerprint density at radius 3 is 1.87 bits per heavy atom. The van der Waals surface area contributed by atoms with Gasteiger partial charge in [0.25, 0.3) is 0 Å². The van der Waals surface area contributed by atoms with Crippen molar-refractivity contribution in [2.45, 2.75) is 182 Å². The van der Waals surface area contributed by atoms with E-state index in [-0.39, 0.29) is 70.0 Å². The lowest BCUT2D eigenvalue weighted by Crippen LogP contribution is -2.64. The van der Waals surface area contributed by atoms with Crippen LogP contribution in [0.5, 0.6) is 0 Å². The molecule has 84 heavy (non-hydrogen) atoms. The number of hydrogen-bond acceptors (Lipinski definition) is 18. The molecule has 0 saturated carbocycles. The third kappa shape index (κ3) is 19.5. The minimum absolute atomic E-state index is 0.0167. The van der Waals surface area contributed by atoms with Crippen LogP contribution in [-0.4, -0.2) is 181 Å². The van der Waals surface area contributed by atoms with Crippen LogP contribution in [0, 0.1) is 17.8 Å². The molecule has 3 heterocycles. The van der Waals surface area contributed by atoms with Crippen molar-refractivity contribution in [1.29, 1.82) is 0 Å². The third-order valence-corrected chi connectivity index (χ3v) is 16.2. The zero-order valence-corrected chi connectivity index (χ0v) is 48.6. The molecule has 1 aliphatic carbocycles. The lowest BCUT2D eigenvalue weighted by atomic mass is 9.82. The van der Waals surface area contributed by atoms with Gasteiger partial charge in [0.2, 0.25) is 0 Å². The average molecular weight is 1170 g/mol. The molecule has 2 bridgehead atoms. The normalized spacial score (nSPS) is 35.8. The highest BCUT2D eigenvalue weighted by atomic mass is 16.7. The first-order valence-corrected chi connectivity index (χ1v) is 29.2. The van der Waals surface area contributed by atoms with Crippen LogP contribution in [0.4, 0.5) is 4.79 Å². The number of rotatable bonds is 8. The molecular formula is C65H89NO18. The summed E-state index contributed by atoms with van der Waals surface area (Å²) in [7, 11) is 1.34. The van der Waals surface area contributed by atoms with E-state index in [1.807, 2.05) is 110 Å². The lowest BCUT2D eigenvalue weighted by molar-refractivity contribution is -0.315. The van der Waals surface area contributed by atoms with E-state index in [2.05, 4.69) is 5.32 Å². The summed E-state index contributed by atoms with van der Waals surface area (Å²) in [5.41, 5.74) is 4.10.